The van der Waals surface area contributed by atoms with E-state index in [1.54, 1.807) is 29.9 Å². The topological polar surface area (TPSA) is 68.1 Å². The fourth-order valence-corrected chi connectivity index (χ4v) is 6.11. The van der Waals surface area contributed by atoms with Gasteiger partial charge in [0.05, 0.1) is 17.8 Å². The molecule has 0 amide bonds. The Labute approximate surface area is 201 Å². The maximum atomic E-state index is 14.0. The van der Waals surface area contributed by atoms with Gasteiger partial charge in [0, 0.05) is 56.5 Å². The average molecular weight is 487 g/mol. The highest BCUT2D eigenvalue weighted by atomic mass is 19.4. The van der Waals surface area contributed by atoms with Crippen LogP contribution in [-0.4, -0.2) is 63.8 Å². The molecule has 1 N–H and O–H groups in total. The first kappa shape index (κ1) is 22.7. The first-order valence-corrected chi connectivity index (χ1v) is 12.3. The lowest BCUT2D eigenvalue weighted by Gasteiger charge is -2.23. The number of hydrogen-bond acceptors (Lipinski definition) is 6. The van der Waals surface area contributed by atoms with E-state index in [0.29, 0.717) is 23.3 Å². The van der Waals surface area contributed by atoms with Crippen molar-refractivity contribution in [1.29, 1.82) is 0 Å². The highest BCUT2D eigenvalue weighted by Gasteiger charge is 2.43. The van der Waals surface area contributed by atoms with Gasteiger partial charge in [0.2, 0.25) is 0 Å². The van der Waals surface area contributed by atoms with Crippen LogP contribution >= 0.6 is 0 Å². The molecule has 0 radical (unpaired) electrons. The van der Waals surface area contributed by atoms with Crippen LogP contribution in [0.1, 0.15) is 24.8 Å². The maximum absolute atomic E-state index is 14.0. The molecule has 2 saturated heterocycles. The number of alkyl halides is 3. The first-order chi connectivity index (χ1) is 16.8. The summed E-state index contributed by atoms with van der Waals surface area (Å²) in [4.78, 5) is 2.51. The smallest absolute Gasteiger partial charge is 0.381 e. The number of nitrogens with zero attached hydrogens (tertiary/aromatic N) is 5. The van der Waals surface area contributed by atoms with Crippen molar-refractivity contribution in [2.75, 3.05) is 38.2 Å². The summed E-state index contributed by atoms with van der Waals surface area (Å²) < 4.78 is 49.2. The second-order valence-electron chi connectivity index (χ2n) is 10.3. The SMILES string of the molecule is Cn1cc2cc(-c3cc(C(F)(F)F)c(NC4C[C@@H]5CN(C[C@H]6CCOC6)C[C@H]5C4)nn3)ccc2n1. The molecule has 2 aromatic heterocycles. The number of likely N-dealkylation sites (tertiary alicyclic amines) is 1. The summed E-state index contributed by atoms with van der Waals surface area (Å²) in [5.41, 5.74) is 0.788. The van der Waals surface area contributed by atoms with Crippen LogP contribution in [0.15, 0.2) is 30.5 Å². The summed E-state index contributed by atoms with van der Waals surface area (Å²) in [6, 6.07) is 6.39. The fraction of sp³-hybridized carbons (Fsp3) is 0.560. The molecule has 3 atom stereocenters. The number of benzene rings is 1. The van der Waals surface area contributed by atoms with Gasteiger partial charge in [-0.05, 0) is 55.2 Å². The lowest BCUT2D eigenvalue weighted by atomic mass is 10.0. The minimum absolute atomic E-state index is 0.0186. The largest absolute Gasteiger partial charge is 0.420 e. The Morgan fingerprint density at radius 3 is 2.63 bits per heavy atom. The standard InChI is InChI=1S/C25H29F3N6O/c1-33-11-19-6-16(2-3-22(19)32-33)23-9-21(25(26,27)28)24(31-30-23)29-20-7-17-12-34(13-18(17)8-20)10-15-4-5-35-14-15/h2-3,6,9,11,15,17-18,20H,4-5,7-8,10,12-14H2,1H3,(H,29,31)/t15-,17-,18-/m1/s1. The molecule has 1 aliphatic carbocycles. The second kappa shape index (κ2) is 8.74. The quantitative estimate of drug-likeness (QED) is 0.583. The van der Waals surface area contributed by atoms with E-state index in [0.717, 1.165) is 69.1 Å². The van der Waals surface area contributed by atoms with E-state index >= 15 is 0 Å². The Kier molecular flexibility index (Phi) is 5.68. The predicted molar refractivity (Wildman–Crippen MR) is 126 cm³/mol. The van der Waals surface area contributed by atoms with Gasteiger partial charge in [-0.2, -0.15) is 18.3 Å². The van der Waals surface area contributed by atoms with E-state index in [1.807, 2.05) is 6.20 Å². The number of rotatable bonds is 5. The molecule has 3 fully saturated rings. The Hall–Kier alpha value is -2.72. The van der Waals surface area contributed by atoms with Crippen LogP contribution in [-0.2, 0) is 18.0 Å². The summed E-state index contributed by atoms with van der Waals surface area (Å²) in [5, 5.41) is 16.4. The summed E-state index contributed by atoms with van der Waals surface area (Å²) in [5.74, 6) is 1.48. The summed E-state index contributed by atoms with van der Waals surface area (Å²) in [7, 11) is 1.81. The van der Waals surface area contributed by atoms with Crippen molar-refractivity contribution in [1.82, 2.24) is 24.9 Å². The van der Waals surface area contributed by atoms with Crippen LogP contribution in [0.2, 0.25) is 0 Å². The third kappa shape index (κ3) is 4.61. The number of nitrogens with one attached hydrogen (secondary N) is 1. The normalized spacial score (nSPS) is 25.5. The third-order valence-electron chi connectivity index (χ3n) is 7.72. The van der Waals surface area contributed by atoms with Crippen LogP contribution in [0.4, 0.5) is 19.0 Å². The first-order valence-electron chi connectivity index (χ1n) is 12.3. The van der Waals surface area contributed by atoms with E-state index in [4.69, 9.17) is 4.74 Å². The molecule has 186 valence electrons. The highest BCUT2D eigenvalue weighted by Crippen LogP contribution is 2.42. The Morgan fingerprint density at radius 2 is 1.91 bits per heavy atom. The van der Waals surface area contributed by atoms with E-state index in [-0.39, 0.29) is 17.6 Å². The van der Waals surface area contributed by atoms with Crippen molar-refractivity contribution in [2.24, 2.45) is 24.8 Å². The van der Waals surface area contributed by atoms with Gasteiger partial charge < -0.3 is 15.0 Å². The average Bonchev–Trinajstić information content (AvgIpc) is 3.57. The number of hydrogen-bond donors (Lipinski definition) is 1. The Morgan fingerprint density at radius 1 is 1.11 bits per heavy atom. The lowest BCUT2D eigenvalue weighted by molar-refractivity contribution is -0.137. The van der Waals surface area contributed by atoms with Crippen molar-refractivity contribution in [2.45, 2.75) is 31.5 Å². The number of aromatic nitrogens is 4. The number of aryl methyl sites for hydroxylation is 1. The number of anilines is 1. The number of ether oxygens (including phenoxy) is 1. The summed E-state index contributed by atoms with van der Waals surface area (Å²) in [6.07, 6.45) is 0.148. The van der Waals surface area contributed by atoms with Gasteiger partial charge in [-0.3, -0.25) is 4.68 Å². The van der Waals surface area contributed by atoms with Gasteiger partial charge in [-0.25, -0.2) is 0 Å². The van der Waals surface area contributed by atoms with Crippen molar-refractivity contribution in [3.63, 3.8) is 0 Å². The van der Waals surface area contributed by atoms with Crippen molar-refractivity contribution in [3.8, 4) is 11.3 Å². The lowest BCUT2D eigenvalue weighted by Crippen LogP contribution is -2.30. The van der Waals surface area contributed by atoms with Crippen LogP contribution in [0, 0.1) is 17.8 Å². The molecule has 3 aromatic rings. The zero-order valence-corrected chi connectivity index (χ0v) is 19.6. The molecule has 0 unspecified atom stereocenters. The highest BCUT2D eigenvalue weighted by molar-refractivity contribution is 5.83. The summed E-state index contributed by atoms with van der Waals surface area (Å²) in [6.45, 7) is 4.82. The molecule has 0 bridgehead atoms. The molecule has 1 aromatic carbocycles. The molecular weight excluding hydrogens is 457 g/mol. The molecule has 35 heavy (non-hydrogen) atoms. The third-order valence-corrected chi connectivity index (χ3v) is 7.72. The maximum Gasteiger partial charge on any atom is 0.420 e. The van der Waals surface area contributed by atoms with Crippen LogP contribution < -0.4 is 5.32 Å². The van der Waals surface area contributed by atoms with Gasteiger partial charge in [-0.15, -0.1) is 10.2 Å². The van der Waals surface area contributed by atoms with E-state index in [9.17, 15) is 13.2 Å². The van der Waals surface area contributed by atoms with Gasteiger partial charge in [0.15, 0.2) is 5.82 Å². The molecule has 10 heteroatoms. The van der Waals surface area contributed by atoms with Crippen molar-refractivity contribution in [3.05, 3.63) is 36.0 Å². The van der Waals surface area contributed by atoms with E-state index < -0.39 is 11.7 Å². The van der Waals surface area contributed by atoms with Crippen molar-refractivity contribution >= 4 is 16.7 Å². The van der Waals surface area contributed by atoms with Gasteiger partial charge in [-0.1, -0.05) is 6.07 Å². The Bertz CT molecular complexity index is 1210. The zero-order valence-electron chi connectivity index (χ0n) is 19.6. The minimum Gasteiger partial charge on any atom is -0.381 e. The summed E-state index contributed by atoms with van der Waals surface area (Å²) >= 11 is 0. The van der Waals surface area contributed by atoms with Gasteiger partial charge in [0.1, 0.15) is 5.56 Å². The minimum atomic E-state index is -4.53. The zero-order chi connectivity index (χ0) is 24.2. The molecule has 7 nitrogen and oxygen atoms in total. The number of halogens is 3. The van der Waals surface area contributed by atoms with Crippen LogP contribution in [0.5, 0.6) is 0 Å². The molecule has 3 aliphatic rings. The van der Waals surface area contributed by atoms with Crippen LogP contribution in [0.3, 0.4) is 0 Å². The molecule has 0 spiro atoms. The molecular formula is C25H29F3N6O. The van der Waals surface area contributed by atoms with Gasteiger partial charge >= 0.3 is 6.18 Å². The van der Waals surface area contributed by atoms with Crippen LogP contribution in [0.25, 0.3) is 22.2 Å². The fourth-order valence-electron chi connectivity index (χ4n) is 6.11. The second-order valence-corrected chi connectivity index (χ2v) is 10.3. The van der Waals surface area contributed by atoms with E-state index in [2.05, 4.69) is 25.5 Å². The Balaban J connectivity index is 1.17. The van der Waals surface area contributed by atoms with E-state index in [1.165, 1.54) is 0 Å². The monoisotopic (exact) mass is 486 g/mol. The van der Waals surface area contributed by atoms with Crippen molar-refractivity contribution < 1.29 is 17.9 Å². The molecule has 6 rings (SSSR count). The van der Waals surface area contributed by atoms with Gasteiger partial charge in [0.25, 0.3) is 0 Å². The molecule has 1 saturated carbocycles. The molecule has 4 heterocycles. The molecule has 2 aliphatic heterocycles. The number of fused-ring (bicyclic) bond motifs is 2. The predicted octanol–water partition coefficient (Wildman–Crippen LogP) is 4.21.